The lowest BCUT2D eigenvalue weighted by molar-refractivity contribution is 0.760. The van der Waals surface area contributed by atoms with Gasteiger partial charge in [0.1, 0.15) is 4.60 Å². The lowest BCUT2D eigenvalue weighted by Crippen LogP contribution is -2.04. The van der Waals surface area contributed by atoms with Gasteiger partial charge in [0.2, 0.25) is 0 Å². The summed E-state index contributed by atoms with van der Waals surface area (Å²) in [5.74, 6) is 0. The van der Waals surface area contributed by atoms with E-state index in [0.29, 0.717) is 0 Å². The molecule has 1 heterocycles. The molecule has 0 amide bonds. The van der Waals surface area contributed by atoms with Crippen LogP contribution in [0.1, 0.15) is 5.56 Å². The second kappa shape index (κ2) is 3.71. The number of nitrogens with one attached hydrogen (secondary N) is 1. The zero-order valence-electron chi connectivity index (χ0n) is 8.21. The smallest absolute Gasteiger partial charge is 0.111 e. The predicted octanol–water partition coefficient (Wildman–Crippen LogP) is 2.06. The average molecular weight is 254 g/mol. The number of halogens is 1. The molecule has 0 aliphatic carbocycles. The van der Waals surface area contributed by atoms with Crippen LogP contribution in [0.15, 0.2) is 22.8 Å². The number of hydrogen-bond acceptors (Lipinski definition) is 2. The summed E-state index contributed by atoms with van der Waals surface area (Å²) in [5.41, 5.74) is 2.29. The maximum atomic E-state index is 4.40. The fourth-order valence-corrected chi connectivity index (χ4v) is 1.94. The minimum absolute atomic E-state index is 0.879. The first-order valence-corrected chi connectivity index (χ1v) is 5.27. The van der Waals surface area contributed by atoms with Gasteiger partial charge < -0.3 is 5.32 Å². The van der Waals surface area contributed by atoms with Gasteiger partial charge in [-0.05, 0) is 40.7 Å². The molecule has 3 nitrogen and oxygen atoms in total. The number of rotatable bonds is 2. The molecule has 0 fully saturated rings. The van der Waals surface area contributed by atoms with Gasteiger partial charge in [-0.1, -0.05) is 6.07 Å². The number of aryl methyl sites for hydroxylation is 1. The second-order valence-corrected chi connectivity index (χ2v) is 4.05. The molecular formula is C10H12BrN3. The van der Waals surface area contributed by atoms with E-state index in [9.17, 15) is 0 Å². The molecule has 74 valence electrons. The van der Waals surface area contributed by atoms with Crippen LogP contribution < -0.4 is 5.32 Å². The van der Waals surface area contributed by atoms with Gasteiger partial charge in [0.05, 0.1) is 5.52 Å². The van der Waals surface area contributed by atoms with Gasteiger partial charge in [0.25, 0.3) is 0 Å². The van der Waals surface area contributed by atoms with E-state index in [1.165, 1.54) is 5.56 Å². The van der Waals surface area contributed by atoms with Crippen molar-refractivity contribution in [1.82, 2.24) is 15.1 Å². The van der Waals surface area contributed by atoms with Gasteiger partial charge in [-0.3, -0.25) is 4.68 Å². The average Bonchev–Trinajstić information content (AvgIpc) is 2.43. The Labute approximate surface area is 91.2 Å². The second-order valence-electron chi connectivity index (χ2n) is 3.30. The zero-order valence-corrected chi connectivity index (χ0v) is 9.80. The van der Waals surface area contributed by atoms with Crippen molar-refractivity contribution in [2.45, 2.75) is 6.54 Å². The largest absolute Gasteiger partial charge is 0.316 e. The number of benzene rings is 1. The lowest BCUT2D eigenvalue weighted by Gasteiger charge is -1.98. The summed E-state index contributed by atoms with van der Waals surface area (Å²) < 4.78 is 2.87. The minimum Gasteiger partial charge on any atom is -0.316 e. The molecule has 1 N–H and O–H groups in total. The minimum atomic E-state index is 0.879. The zero-order chi connectivity index (χ0) is 10.1. The Bertz CT molecular complexity index is 462. The fraction of sp³-hybridized carbons (Fsp3) is 0.300. The molecule has 0 atom stereocenters. The molecule has 0 radical (unpaired) electrons. The van der Waals surface area contributed by atoms with Gasteiger partial charge in [-0.15, -0.1) is 0 Å². The third kappa shape index (κ3) is 1.55. The van der Waals surface area contributed by atoms with Gasteiger partial charge in [-0.25, -0.2) is 0 Å². The molecule has 14 heavy (non-hydrogen) atoms. The van der Waals surface area contributed by atoms with Crippen molar-refractivity contribution in [2.24, 2.45) is 7.05 Å². The molecule has 2 aromatic rings. The van der Waals surface area contributed by atoms with Crippen LogP contribution in [-0.4, -0.2) is 16.8 Å². The predicted molar refractivity (Wildman–Crippen MR) is 61.2 cm³/mol. The topological polar surface area (TPSA) is 29.9 Å². The van der Waals surface area contributed by atoms with Crippen molar-refractivity contribution >= 4 is 26.8 Å². The highest BCUT2D eigenvalue weighted by Gasteiger charge is 2.05. The first-order chi connectivity index (χ1) is 6.72. The molecule has 1 aromatic heterocycles. The molecule has 4 heteroatoms. The molecule has 0 spiro atoms. The first kappa shape index (κ1) is 9.68. The number of hydrogen-bond donors (Lipinski definition) is 1. The quantitative estimate of drug-likeness (QED) is 0.888. The Balaban J connectivity index is 2.56. The highest BCUT2D eigenvalue weighted by atomic mass is 79.9. The monoisotopic (exact) mass is 253 g/mol. The Morgan fingerprint density at radius 1 is 1.50 bits per heavy atom. The molecule has 1 aromatic carbocycles. The van der Waals surface area contributed by atoms with Crippen LogP contribution in [0, 0.1) is 0 Å². The molecule has 0 unspecified atom stereocenters. The Morgan fingerprint density at radius 2 is 2.29 bits per heavy atom. The van der Waals surface area contributed by atoms with Crippen molar-refractivity contribution in [3.05, 3.63) is 28.4 Å². The normalized spacial score (nSPS) is 11.1. The van der Waals surface area contributed by atoms with E-state index in [1.807, 2.05) is 18.8 Å². The summed E-state index contributed by atoms with van der Waals surface area (Å²) in [6.07, 6.45) is 0. The van der Waals surface area contributed by atoms with Crippen LogP contribution in [0.2, 0.25) is 0 Å². The van der Waals surface area contributed by atoms with E-state index in [4.69, 9.17) is 0 Å². The summed E-state index contributed by atoms with van der Waals surface area (Å²) >= 11 is 3.50. The van der Waals surface area contributed by atoms with Gasteiger partial charge >= 0.3 is 0 Å². The summed E-state index contributed by atoms with van der Waals surface area (Å²) in [7, 11) is 3.88. The van der Waals surface area contributed by atoms with E-state index in [2.05, 4.69) is 44.5 Å². The first-order valence-electron chi connectivity index (χ1n) is 4.48. The summed E-state index contributed by atoms with van der Waals surface area (Å²) in [4.78, 5) is 0. The van der Waals surface area contributed by atoms with Gasteiger partial charge in [0, 0.05) is 19.0 Å². The molecule has 0 saturated heterocycles. The fourth-order valence-electron chi connectivity index (χ4n) is 1.53. The third-order valence-electron chi connectivity index (χ3n) is 2.21. The summed E-state index contributed by atoms with van der Waals surface area (Å²) in [6, 6.07) is 6.32. The highest BCUT2D eigenvalue weighted by Crippen LogP contribution is 2.23. The highest BCUT2D eigenvalue weighted by molar-refractivity contribution is 9.10. The van der Waals surface area contributed by atoms with Crippen LogP contribution in [0.25, 0.3) is 10.9 Å². The van der Waals surface area contributed by atoms with Crippen LogP contribution in [-0.2, 0) is 13.6 Å². The maximum Gasteiger partial charge on any atom is 0.111 e. The van der Waals surface area contributed by atoms with E-state index in [-0.39, 0.29) is 0 Å². The molecule has 0 bridgehead atoms. The van der Waals surface area contributed by atoms with Crippen LogP contribution in [0.3, 0.4) is 0 Å². The standard InChI is InChI=1S/C10H12BrN3/c1-12-6-7-3-4-8-9(5-7)13-14(2)10(8)11/h3-5,12H,6H2,1-2H3. The number of aromatic nitrogens is 2. The third-order valence-corrected chi connectivity index (χ3v) is 3.15. The molecule has 0 aliphatic heterocycles. The molecular weight excluding hydrogens is 242 g/mol. The number of nitrogens with zero attached hydrogens (tertiary/aromatic N) is 2. The van der Waals surface area contributed by atoms with Crippen molar-refractivity contribution in [1.29, 1.82) is 0 Å². The van der Waals surface area contributed by atoms with Crippen molar-refractivity contribution in [3.63, 3.8) is 0 Å². The summed E-state index contributed by atoms with van der Waals surface area (Å²) in [5, 5.41) is 8.68. The molecule has 0 aliphatic rings. The molecule has 2 rings (SSSR count). The Hall–Kier alpha value is -0.870. The van der Waals surface area contributed by atoms with Crippen LogP contribution >= 0.6 is 15.9 Å². The van der Waals surface area contributed by atoms with Gasteiger partial charge in [0.15, 0.2) is 0 Å². The SMILES string of the molecule is CNCc1ccc2c(Br)n(C)nc2c1. The van der Waals surface area contributed by atoms with E-state index in [0.717, 1.165) is 22.1 Å². The van der Waals surface area contributed by atoms with Crippen LogP contribution in [0.5, 0.6) is 0 Å². The van der Waals surface area contributed by atoms with Crippen molar-refractivity contribution in [2.75, 3.05) is 7.05 Å². The lowest BCUT2D eigenvalue weighted by atomic mass is 10.2. The number of fused-ring (bicyclic) bond motifs is 1. The Morgan fingerprint density at radius 3 is 3.00 bits per heavy atom. The summed E-state index contributed by atoms with van der Waals surface area (Å²) in [6.45, 7) is 0.879. The van der Waals surface area contributed by atoms with E-state index < -0.39 is 0 Å². The van der Waals surface area contributed by atoms with E-state index in [1.54, 1.807) is 0 Å². The van der Waals surface area contributed by atoms with Crippen molar-refractivity contribution in [3.8, 4) is 0 Å². The molecule has 0 saturated carbocycles. The van der Waals surface area contributed by atoms with Crippen molar-refractivity contribution < 1.29 is 0 Å². The maximum absolute atomic E-state index is 4.40. The Kier molecular flexibility index (Phi) is 2.56. The van der Waals surface area contributed by atoms with Gasteiger partial charge in [-0.2, -0.15) is 5.10 Å². The van der Waals surface area contributed by atoms with E-state index >= 15 is 0 Å². The van der Waals surface area contributed by atoms with Crippen LogP contribution in [0.4, 0.5) is 0 Å².